The standard InChI is InChI=1S/C12H21N3S/c1-9-10(2)16-11(14-9)13-8-12(15(3)4)6-5-7-12/h5-8H2,1-4H3,(H,13,14). The molecule has 1 heterocycles. The molecule has 1 aliphatic carbocycles. The summed E-state index contributed by atoms with van der Waals surface area (Å²) in [7, 11) is 4.36. The molecule has 2 rings (SSSR count). The highest BCUT2D eigenvalue weighted by Crippen LogP contribution is 2.36. The SMILES string of the molecule is Cc1nc(NCC2(N(C)C)CCC2)sc1C. The molecule has 0 amide bonds. The van der Waals surface area contributed by atoms with Crippen LogP contribution < -0.4 is 5.32 Å². The number of aryl methyl sites for hydroxylation is 2. The number of thiazole rings is 1. The molecule has 0 radical (unpaired) electrons. The summed E-state index contributed by atoms with van der Waals surface area (Å²) in [6.07, 6.45) is 3.96. The molecule has 4 heteroatoms. The van der Waals surface area contributed by atoms with E-state index in [4.69, 9.17) is 0 Å². The zero-order valence-electron chi connectivity index (χ0n) is 10.6. The second-order valence-electron chi connectivity index (χ2n) is 4.99. The van der Waals surface area contributed by atoms with E-state index >= 15 is 0 Å². The van der Waals surface area contributed by atoms with E-state index in [1.165, 1.54) is 24.1 Å². The third-order valence-corrected chi connectivity index (χ3v) is 4.86. The predicted molar refractivity (Wildman–Crippen MR) is 70.3 cm³/mol. The van der Waals surface area contributed by atoms with Crippen LogP contribution in [-0.2, 0) is 0 Å². The highest BCUT2D eigenvalue weighted by atomic mass is 32.1. The van der Waals surface area contributed by atoms with Gasteiger partial charge in [-0.05, 0) is 47.2 Å². The van der Waals surface area contributed by atoms with E-state index in [0.29, 0.717) is 5.54 Å². The first-order chi connectivity index (χ1) is 7.53. The molecule has 1 aromatic rings. The maximum absolute atomic E-state index is 4.52. The van der Waals surface area contributed by atoms with Crippen LogP contribution in [0.25, 0.3) is 0 Å². The van der Waals surface area contributed by atoms with E-state index in [1.54, 1.807) is 11.3 Å². The molecule has 0 spiro atoms. The Hall–Kier alpha value is -0.610. The molecule has 0 unspecified atom stereocenters. The number of nitrogens with one attached hydrogen (secondary N) is 1. The van der Waals surface area contributed by atoms with Gasteiger partial charge in [-0.15, -0.1) is 11.3 Å². The van der Waals surface area contributed by atoms with Gasteiger partial charge in [-0.1, -0.05) is 0 Å². The van der Waals surface area contributed by atoms with Gasteiger partial charge in [0.2, 0.25) is 0 Å². The molecule has 16 heavy (non-hydrogen) atoms. The highest BCUT2D eigenvalue weighted by molar-refractivity contribution is 7.15. The van der Waals surface area contributed by atoms with Crippen LogP contribution in [0.3, 0.4) is 0 Å². The van der Waals surface area contributed by atoms with E-state index in [9.17, 15) is 0 Å². The molecule has 0 saturated heterocycles. The molecule has 0 bridgehead atoms. The van der Waals surface area contributed by atoms with Gasteiger partial charge in [0, 0.05) is 17.0 Å². The van der Waals surface area contributed by atoms with Gasteiger partial charge in [-0.2, -0.15) is 0 Å². The van der Waals surface area contributed by atoms with E-state index in [2.05, 4.69) is 43.1 Å². The Balaban J connectivity index is 1.96. The van der Waals surface area contributed by atoms with Gasteiger partial charge >= 0.3 is 0 Å². The Kier molecular flexibility index (Phi) is 3.22. The molecule has 1 saturated carbocycles. The van der Waals surface area contributed by atoms with E-state index < -0.39 is 0 Å². The molecule has 90 valence electrons. The Morgan fingerprint density at radius 3 is 2.44 bits per heavy atom. The lowest BCUT2D eigenvalue weighted by Crippen LogP contribution is -2.54. The average molecular weight is 239 g/mol. The van der Waals surface area contributed by atoms with Crippen molar-refractivity contribution in [3.05, 3.63) is 10.6 Å². The van der Waals surface area contributed by atoms with Crippen LogP contribution in [-0.4, -0.2) is 36.1 Å². The number of hydrogen-bond acceptors (Lipinski definition) is 4. The monoisotopic (exact) mass is 239 g/mol. The molecule has 1 N–H and O–H groups in total. The minimum Gasteiger partial charge on any atom is -0.360 e. The number of hydrogen-bond donors (Lipinski definition) is 1. The van der Waals surface area contributed by atoms with Gasteiger partial charge in [0.25, 0.3) is 0 Å². The van der Waals surface area contributed by atoms with Crippen molar-refractivity contribution in [2.24, 2.45) is 0 Å². The number of anilines is 1. The maximum Gasteiger partial charge on any atom is 0.183 e. The lowest BCUT2D eigenvalue weighted by molar-refractivity contribution is 0.0739. The van der Waals surface area contributed by atoms with Gasteiger partial charge in [0.05, 0.1) is 5.69 Å². The number of likely N-dealkylation sites (N-methyl/N-ethyl adjacent to an activating group) is 1. The minimum atomic E-state index is 0.369. The summed E-state index contributed by atoms with van der Waals surface area (Å²) in [4.78, 5) is 8.19. The van der Waals surface area contributed by atoms with Crippen molar-refractivity contribution in [2.45, 2.75) is 38.6 Å². The Bertz CT molecular complexity index is 347. The zero-order valence-corrected chi connectivity index (χ0v) is 11.4. The summed E-state index contributed by atoms with van der Waals surface area (Å²) in [6.45, 7) is 5.22. The van der Waals surface area contributed by atoms with Crippen LogP contribution >= 0.6 is 11.3 Å². The fourth-order valence-electron chi connectivity index (χ4n) is 2.16. The van der Waals surface area contributed by atoms with Gasteiger partial charge in [0.15, 0.2) is 5.13 Å². The molecule has 1 aromatic heterocycles. The molecule has 0 aromatic carbocycles. The van der Waals surface area contributed by atoms with Crippen LogP contribution in [0.2, 0.25) is 0 Å². The van der Waals surface area contributed by atoms with Crippen molar-refractivity contribution >= 4 is 16.5 Å². The molecule has 0 aliphatic heterocycles. The lowest BCUT2D eigenvalue weighted by atomic mass is 9.75. The number of aromatic nitrogens is 1. The summed E-state index contributed by atoms with van der Waals surface area (Å²) >= 11 is 1.76. The van der Waals surface area contributed by atoms with Crippen molar-refractivity contribution in [3.63, 3.8) is 0 Å². The third-order valence-electron chi connectivity index (χ3n) is 3.83. The largest absolute Gasteiger partial charge is 0.360 e. The van der Waals surface area contributed by atoms with Crippen molar-refractivity contribution in [2.75, 3.05) is 26.0 Å². The van der Waals surface area contributed by atoms with Crippen molar-refractivity contribution in [1.82, 2.24) is 9.88 Å². The molecule has 1 aliphatic rings. The van der Waals surface area contributed by atoms with E-state index in [1.807, 2.05) is 0 Å². The predicted octanol–water partition coefficient (Wildman–Crippen LogP) is 2.66. The third kappa shape index (κ3) is 2.09. The summed E-state index contributed by atoms with van der Waals surface area (Å²) in [5, 5.41) is 4.57. The molecular weight excluding hydrogens is 218 g/mol. The summed E-state index contributed by atoms with van der Waals surface area (Å²) in [5.74, 6) is 0. The highest BCUT2D eigenvalue weighted by Gasteiger charge is 2.38. The summed E-state index contributed by atoms with van der Waals surface area (Å²) in [6, 6.07) is 0. The normalized spacial score (nSPS) is 18.6. The van der Waals surface area contributed by atoms with Gasteiger partial charge in [0.1, 0.15) is 0 Å². The average Bonchev–Trinajstić information content (AvgIpc) is 2.44. The number of rotatable bonds is 4. The molecular formula is C12H21N3S. The first-order valence-electron chi connectivity index (χ1n) is 5.89. The topological polar surface area (TPSA) is 28.2 Å². The molecule has 0 atom stereocenters. The Morgan fingerprint density at radius 2 is 2.06 bits per heavy atom. The first-order valence-corrected chi connectivity index (χ1v) is 6.70. The fourth-order valence-corrected chi connectivity index (χ4v) is 2.97. The Morgan fingerprint density at radius 1 is 1.38 bits per heavy atom. The van der Waals surface area contributed by atoms with Crippen molar-refractivity contribution in [1.29, 1.82) is 0 Å². The minimum absolute atomic E-state index is 0.369. The second-order valence-corrected chi connectivity index (χ2v) is 6.19. The van der Waals surface area contributed by atoms with Gasteiger partial charge in [-0.3, -0.25) is 0 Å². The number of nitrogens with zero attached hydrogens (tertiary/aromatic N) is 2. The molecule has 1 fully saturated rings. The zero-order chi connectivity index (χ0) is 11.8. The maximum atomic E-state index is 4.52. The quantitative estimate of drug-likeness (QED) is 0.875. The summed E-state index contributed by atoms with van der Waals surface area (Å²) < 4.78 is 0. The van der Waals surface area contributed by atoms with E-state index in [0.717, 1.165) is 17.4 Å². The van der Waals surface area contributed by atoms with Crippen LogP contribution in [0.5, 0.6) is 0 Å². The summed E-state index contributed by atoms with van der Waals surface area (Å²) in [5.41, 5.74) is 1.52. The van der Waals surface area contributed by atoms with Crippen LogP contribution in [0.15, 0.2) is 0 Å². The van der Waals surface area contributed by atoms with Crippen molar-refractivity contribution in [3.8, 4) is 0 Å². The Labute approximate surface area is 102 Å². The van der Waals surface area contributed by atoms with Crippen LogP contribution in [0.4, 0.5) is 5.13 Å². The van der Waals surface area contributed by atoms with Crippen molar-refractivity contribution < 1.29 is 0 Å². The van der Waals surface area contributed by atoms with Crippen LogP contribution in [0, 0.1) is 13.8 Å². The van der Waals surface area contributed by atoms with Gasteiger partial charge in [-0.25, -0.2) is 4.98 Å². The van der Waals surface area contributed by atoms with Gasteiger partial charge < -0.3 is 10.2 Å². The van der Waals surface area contributed by atoms with Crippen LogP contribution in [0.1, 0.15) is 29.8 Å². The van der Waals surface area contributed by atoms with E-state index in [-0.39, 0.29) is 0 Å². The molecule has 3 nitrogen and oxygen atoms in total. The lowest BCUT2D eigenvalue weighted by Gasteiger charge is -2.47. The first kappa shape index (κ1) is 11.9. The second kappa shape index (κ2) is 4.34. The smallest absolute Gasteiger partial charge is 0.183 e. The fraction of sp³-hybridized carbons (Fsp3) is 0.750.